The number of carbonyl (C=O) groups is 1. The minimum Gasteiger partial charge on any atom is -0.343 e. The van der Waals surface area contributed by atoms with Crippen LogP contribution in [0.4, 0.5) is 0 Å². The minimum atomic E-state index is -0.149. The lowest BCUT2D eigenvalue weighted by molar-refractivity contribution is 0.0939. The van der Waals surface area contributed by atoms with Crippen molar-refractivity contribution in [1.29, 1.82) is 0 Å². The number of aromatic nitrogens is 2. The van der Waals surface area contributed by atoms with Crippen LogP contribution < -0.4 is 5.32 Å². The summed E-state index contributed by atoms with van der Waals surface area (Å²) in [5.74, 6) is -0.0753. The molecule has 1 amide bonds. The Hall–Kier alpha value is -1.80. The van der Waals surface area contributed by atoms with Gasteiger partial charge in [-0.15, -0.1) is 11.3 Å². The van der Waals surface area contributed by atoms with Crippen molar-refractivity contribution in [3.8, 4) is 11.3 Å². The van der Waals surface area contributed by atoms with Crippen molar-refractivity contribution < 1.29 is 4.79 Å². The highest BCUT2D eigenvalue weighted by Gasteiger charge is 2.17. The van der Waals surface area contributed by atoms with Gasteiger partial charge in [-0.2, -0.15) is 0 Å². The maximum atomic E-state index is 12.5. The van der Waals surface area contributed by atoms with Gasteiger partial charge in [-0.1, -0.05) is 11.6 Å². The van der Waals surface area contributed by atoms with Crippen molar-refractivity contribution in [2.24, 2.45) is 0 Å². The monoisotopic (exact) mass is 449 g/mol. The molecule has 4 nitrogen and oxygen atoms in total. The molecule has 0 fully saturated rings. The largest absolute Gasteiger partial charge is 0.343 e. The topological polar surface area (TPSA) is 54.9 Å². The van der Waals surface area contributed by atoms with Crippen LogP contribution in [-0.4, -0.2) is 15.9 Å². The lowest BCUT2D eigenvalue weighted by Crippen LogP contribution is -2.27. The second-order valence-corrected chi connectivity index (χ2v) is 7.54. The van der Waals surface area contributed by atoms with Crippen molar-refractivity contribution in [1.82, 2.24) is 15.3 Å². The van der Waals surface area contributed by atoms with Crippen molar-refractivity contribution >= 4 is 39.8 Å². The van der Waals surface area contributed by atoms with Crippen LogP contribution >= 0.6 is 33.9 Å². The molecular formula is C18H16IN3OS. The molecule has 122 valence electrons. The van der Waals surface area contributed by atoms with E-state index in [0.29, 0.717) is 5.56 Å². The molecule has 0 radical (unpaired) electrons. The first kappa shape index (κ1) is 17.0. The van der Waals surface area contributed by atoms with Gasteiger partial charge in [0.2, 0.25) is 0 Å². The van der Waals surface area contributed by atoms with Crippen LogP contribution in [0.25, 0.3) is 11.3 Å². The standard InChI is InChI=1S/C18H16IN3OS/c1-11-5-6-15(19)14(8-11)17(23)21-12(2)18-22-16(10-24-18)13-4-3-7-20-9-13/h3-10,12H,1-2H3,(H,21,23). The van der Waals surface area contributed by atoms with Gasteiger partial charge in [0.25, 0.3) is 5.91 Å². The third kappa shape index (κ3) is 3.81. The van der Waals surface area contributed by atoms with Gasteiger partial charge in [0.15, 0.2) is 0 Å². The average Bonchev–Trinajstić information content (AvgIpc) is 3.08. The maximum Gasteiger partial charge on any atom is 0.252 e. The van der Waals surface area contributed by atoms with E-state index in [9.17, 15) is 4.79 Å². The lowest BCUT2D eigenvalue weighted by Gasteiger charge is -2.12. The van der Waals surface area contributed by atoms with Gasteiger partial charge in [0.05, 0.1) is 17.3 Å². The molecule has 0 saturated carbocycles. The Labute approximate surface area is 158 Å². The number of aryl methyl sites for hydroxylation is 1. The van der Waals surface area contributed by atoms with Gasteiger partial charge < -0.3 is 5.32 Å². The fraction of sp³-hybridized carbons (Fsp3) is 0.167. The molecule has 1 aromatic carbocycles. The van der Waals surface area contributed by atoms with Crippen molar-refractivity contribution in [2.75, 3.05) is 0 Å². The third-order valence-corrected chi connectivity index (χ3v) is 5.53. The van der Waals surface area contributed by atoms with Crippen LogP contribution in [0.5, 0.6) is 0 Å². The second-order valence-electron chi connectivity index (χ2n) is 5.49. The highest BCUT2D eigenvalue weighted by Crippen LogP contribution is 2.25. The average molecular weight is 449 g/mol. The second kappa shape index (κ2) is 7.40. The number of hydrogen-bond donors (Lipinski definition) is 1. The van der Waals surface area contributed by atoms with E-state index in [-0.39, 0.29) is 11.9 Å². The van der Waals surface area contributed by atoms with Crippen LogP contribution in [0.15, 0.2) is 48.1 Å². The normalized spacial score (nSPS) is 12.0. The van der Waals surface area contributed by atoms with E-state index in [1.807, 2.05) is 49.6 Å². The molecule has 24 heavy (non-hydrogen) atoms. The van der Waals surface area contributed by atoms with E-state index in [4.69, 9.17) is 0 Å². The quantitative estimate of drug-likeness (QED) is 0.592. The Morgan fingerprint density at radius 1 is 1.33 bits per heavy atom. The molecule has 1 atom stereocenters. The molecular weight excluding hydrogens is 433 g/mol. The minimum absolute atomic E-state index is 0.0753. The summed E-state index contributed by atoms with van der Waals surface area (Å²) in [7, 11) is 0. The summed E-state index contributed by atoms with van der Waals surface area (Å²) in [5.41, 5.74) is 3.63. The van der Waals surface area contributed by atoms with E-state index < -0.39 is 0 Å². The number of amides is 1. The van der Waals surface area contributed by atoms with Crippen LogP contribution in [-0.2, 0) is 0 Å². The molecule has 1 unspecified atom stereocenters. The predicted molar refractivity (Wildman–Crippen MR) is 105 cm³/mol. The number of thiazole rings is 1. The number of benzene rings is 1. The van der Waals surface area contributed by atoms with E-state index in [2.05, 4.69) is 37.9 Å². The highest BCUT2D eigenvalue weighted by atomic mass is 127. The van der Waals surface area contributed by atoms with E-state index in [1.165, 1.54) is 0 Å². The molecule has 0 bridgehead atoms. The van der Waals surface area contributed by atoms with E-state index >= 15 is 0 Å². The number of rotatable bonds is 4. The highest BCUT2D eigenvalue weighted by molar-refractivity contribution is 14.1. The Bertz CT molecular complexity index is 864. The molecule has 0 aliphatic heterocycles. The van der Waals surface area contributed by atoms with Crippen LogP contribution in [0.2, 0.25) is 0 Å². The molecule has 2 aromatic heterocycles. The summed E-state index contributed by atoms with van der Waals surface area (Å²) in [6.45, 7) is 3.93. The van der Waals surface area contributed by atoms with Gasteiger partial charge in [-0.3, -0.25) is 9.78 Å². The Morgan fingerprint density at radius 3 is 2.92 bits per heavy atom. The summed E-state index contributed by atoms with van der Waals surface area (Å²) in [6, 6.07) is 9.59. The van der Waals surface area contributed by atoms with Gasteiger partial charge in [-0.05, 0) is 60.7 Å². The van der Waals surface area contributed by atoms with Crippen molar-refractivity contribution in [2.45, 2.75) is 19.9 Å². The number of carbonyl (C=O) groups excluding carboxylic acids is 1. The first-order valence-corrected chi connectivity index (χ1v) is 9.43. The molecule has 3 aromatic rings. The third-order valence-electron chi connectivity index (χ3n) is 3.56. The summed E-state index contributed by atoms with van der Waals surface area (Å²) < 4.78 is 0.943. The fourth-order valence-electron chi connectivity index (χ4n) is 2.28. The van der Waals surface area contributed by atoms with Crippen molar-refractivity contribution in [3.05, 3.63) is 67.8 Å². The zero-order valence-corrected chi connectivity index (χ0v) is 16.3. The zero-order valence-electron chi connectivity index (χ0n) is 13.3. The Balaban J connectivity index is 1.75. The number of nitrogens with zero attached hydrogens (tertiary/aromatic N) is 2. The number of nitrogens with one attached hydrogen (secondary N) is 1. The molecule has 0 spiro atoms. The molecule has 0 aliphatic carbocycles. The molecule has 6 heteroatoms. The molecule has 0 aliphatic rings. The Morgan fingerprint density at radius 2 is 2.17 bits per heavy atom. The molecule has 0 saturated heterocycles. The SMILES string of the molecule is Cc1ccc(I)c(C(=O)NC(C)c2nc(-c3cccnc3)cs2)c1. The lowest BCUT2D eigenvalue weighted by atomic mass is 10.1. The zero-order chi connectivity index (χ0) is 17.1. The summed E-state index contributed by atoms with van der Waals surface area (Å²) in [5, 5.41) is 5.90. The first-order valence-electron chi connectivity index (χ1n) is 7.47. The van der Waals surface area contributed by atoms with Crippen LogP contribution in [0.1, 0.15) is 33.9 Å². The van der Waals surface area contributed by atoms with Gasteiger partial charge in [0, 0.05) is 26.9 Å². The summed E-state index contributed by atoms with van der Waals surface area (Å²) >= 11 is 3.73. The fourth-order valence-corrected chi connectivity index (χ4v) is 3.70. The van der Waals surface area contributed by atoms with Crippen LogP contribution in [0, 0.1) is 10.5 Å². The first-order chi connectivity index (χ1) is 11.5. The number of hydrogen-bond acceptors (Lipinski definition) is 4. The van der Waals surface area contributed by atoms with E-state index in [1.54, 1.807) is 23.7 Å². The molecule has 2 heterocycles. The van der Waals surface area contributed by atoms with Crippen molar-refractivity contribution in [3.63, 3.8) is 0 Å². The molecule has 3 rings (SSSR count). The smallest absolute Gasteiger partial charge is 0.252 e. The van der Waals surface area contributed by atoms with Gasteiger partial charge in [-0.25, -0.2) is 4.98 Å². The maximum absolute atomic E-state index is 12.5. The summed E-state index contributed by atoms with van der Waals surface area (Å²) in [6.07, 6.45) is 3.53. The van der Waals surface area contributed by atoms with Gasteiger partial charge in [0.1, 0.15) is 5.01 Å². The number of pyridine rings is 1. The molecule has 1 N–H and O–H groups in total. The predicted octanol–water partition coefficient (Wildman–Crippen LogP) is 4.61. The van der Waals surface area contributed by atoms with Crippen LogP contribution in [0.3, 0.4) is 0 Å². The number of halogens is 1. The summed E-state index contributed by atoms with van der Waals surface area (Å²) in [4.78, 5) is 21.3. The van der Waals surface area contributed by atoms with E-state index in [0.717, 1.165) is 25.4 Å². The van der Waals surface area contributed by atoms with Gasteiger partial charge >= 0.3 is 0 Å². The Kier molecular flexibility index (Phi) is 5.25.